The second-order valence-electron chi connectivity index (χ2n) is 2.88. The fourth-order valence-electron chi connectivity index (χ4n) is 1.30. The van der Waals surface area contributed by atoms with Crippen LogP contribution >= 0.6 is 0 Å². The van der Waals surface area contributed by atoms with Gasteiger partial charge in [-0.15, -0.1) is 0 Å². The predicted octanol–water partition coefficient (Wildman–Crippen LogP) is 1.22. The van der Waals surface area contributed by atoms with Gasteiger partial charge in [0.1, 0.15) is 5.75 Å². The molecule has 0 saturated carbocycles. The highest BCUT2D eigenvalue weighted by molar-refractivity contribution is 5.37. The first-order chi connectivity index (χ1) is 6.31. The molecule has 0 spiro atoms. The second-order valence-corrected chi connectivity index (χ2v) is 2.88. The van der Waals surface area contributed by atoms with Gasteiger partial charge in [0.2, 0.25) is 0 Å². The molecule has 0 amide bonds. The minimum Gasteiger partial charge on any atom is -0.496 e. The average Bonchev–Trinajstić information content (AvgIpc) is 2.18. The van der Waals surface area contributed by atoms with E-state index in [0.29, 0.717) is 6.54 Å². The molecule has 0 atom stereocenters. The van der Waals surface area contributed by atoms with Gasteiger partial charge in [-0.1, -0.05) is 19.1 Å². The average molecular weight is 180 g/mol. The number of hydrogen-bond donors (Lipinski definition) is 2. The third-order valence-electron chi connectivity index (χ3n) is 2.05. The smallest absolute Gasteiger partial charge is 0.123 e. The van der Waals surface area contributed by atoms with Crippen molar-refractivity contribution in [2.45, 2.75) is 19.9 Å². The molecule has 0 fully saturated rings. The molecule has 0 bridgehead atoms. The van der Waals surface area contributed by atoms with E-state index >= 15 is 0 Å². The molecule has 13 heavy (non-hydrogen) atoms. The van der Waals surface area contributed by atoms with E-state index in [1.807, 2.05) is 6.07 Å². The van der Waals surface area contributed by atoms with Crippen LogP contribution in [0.15, 0.2) is 18.2 Å². The van der Waals surface area contributed by atoms with E-state index in [4.69, 9.17) is 10.6 Å². The van der Waals surface area contributed by atoms with Crippen LogP contribution in [-0.4, -0.2) is 7.11 Å². The minimum absolute atomic E-state index is 0.636. The van der Waals surface area contributed by atoms with Crippen LogP contribution in [0.5, 0.6) is 5.75 Å². The third-order valence-corrected chi connectivity index (χ3v) is 2.05. The first-order valence-electron chi connectivity index (χ1n) is 4.41. The maximum absolute atomic E-state index is 5.27. The summed E-state index contributed by atoms with van der Waals surface area (Å²) in [6, 6.07) is 6.16. The first-order valence-corrected chi connectivity index (χ1v) is 4.41. The molecule has 0 heterocycles. The maximum Gasteiger partial charge on any atom is 0.123 e. The highest BCUT2D eigenvalue weighted by atomic mass is 16.5. The normalized spacial score (nSPS) is 10.1. The number of aryl methyl sites for hydroxylation is 1. The van der Waals surface area contributed by atoms with E-state index in [2.05, 4.69) is 24.5 Å². The highest BCUT2D eigenvalue weighted by Gasteiger charge is 2.02. The van der Waals surface area contributed by atoms with E-state index in [1.165, 1.54) is 5.56 Å². The Hall–Kier alpha value is -1.06. The van der Waals surface area contributed by atoms with Crippen molar-refractivity contribution >= 4 is 0 Å². The SMILES string of the molecule is CCc1ccc(OC)c(CNN)c1. The molecule has 0 aliphatic heterocycles. The summed E-state index contributed by atoms with van der Waals surface area (Å²) in [4.78, 5) is 0. The van der Waals surface area contributed by atoms with E-state index < -0.39 is 0 Å². The van der Waals surface area contributed by atoms with Crippen molar-refractivity contribution in [1.29, 1.82) is 0 Å². The fraction of sp³-hybridized carbons (Fsp3) is 0.400. The lowest BCUT2D eigenvalue weighted by molar-refractivity contribution is 0.408. The Labute approximate surface area is 78.9 Å². The second kappa shape index (κ2) is 4.84. The van der Waals surface area contributed by atoms with E-state index in [-0.39, 0.29) is 0 Å². The van der Waals surface area contributed by atoms with Crippen molar-refractivity contribution in [2.24, 2.45) is 5.84 Å². The van der Waals surface area contributed by atoms with Gasteiger partial charge in [-0.05, 0) is 18.1 Å². The Morgan fingerprint density at radius 2 is 2.23 bits per heavy atom. The van der Waals surface area contributed by atoms with E-state index in [0.717, 1.165) is 17.7 Å². The van der Waals surface area contributed by atoms with Crippen molar-refractivity contribution in [3.8, 4) is 5.75 Å². The van der Waals surface area contributed by atoms with Crippen molar-refractivity contribution in [3.05, 3.63) is 29.3 Å². The zero-order chi connectivity index (χ0) is 9.68. The number of methoxy groups -OCH3 is 1. The van der Waals surface area contributed by atoms with Gasteiger partial charge in [0.05, 0.1) is 7.11 Å². The summed E-state index contributed by atoms with van der Waals surface area (Å²) >= 11 is 0. The van der Waals surface area contributed by atoms with Crippen LogP contribution in [0.2, 0.25) is 0 Å². The van der Waals surface area contributed by atoms with Crippen LogP contribution in [-0.2, 0) is 13.0 Å². The molecular formula is C10H16N2O. The summed E-state index contributed by atoms with van der Waals surface area (Å²) in [5, 5.41) is 0. The van der Waals surface area contributed by atoms with Crippen LogP contribution in [0, 0.1) is 0 Å². The van der Waals surface area contributed by atoms with Crippen molar-refractivity contribution < 1.29 is 4.74 Å². The molecule has 3 heteroatoms. The van der Waals surface area contributed by atoms with E-state index in [1.54, 1.807) is 7.11 Å². The number of hydrazine groups is 1. The number of rotatable bonds is 4. The summed E-state index contributed by atoms with van der Waals surface area (Å²) in [7, 11) is 1.67. The number of benzene rings is 1. The Morgan fingerprint density at radius 1 is 1.46 bits per heavy atom. The van der Waals surface area contributed by atoms with Gasteiger partial charge >= 0.3 is 0 Å². The summed E-state index contributed by atoms with van der Waals surface area (Å²) in [6.07, 6.45) is 1.03. The lowest BCUT2D eigenvalue weighted by Crippen LogP contribution is -2.21. The lowest BCUT2D eigenvalue weighted by atomic mass is 10.1. The summed E-state index contributed by atoms with van der Waals surface area (Å²) in [6.45, 7) is 2.76. The summed E-state index contributed by atoms with van der Waals surface area (Å²) in [5.74, 6) is 6.15. The van der Waals surface area contributed by atoms with Crippen molar-refractivity contribution in [1.82, 2.24) is 5.43 Å². The molecule has 3 N–H and O–H groups in total. The van der Waals surface area contributed by atoms with Crippen LogP contribution in [0.25, 0.3) is 0 Å². The Morgan fingerprint density at radius 3 is 2.77 bits per heavy atom. The topological polar surface area (TPSA) is 47.3 Å². The minimum atomic E-state index is 0.636. The zero-order valence-electron chi connectivity index (χ0n) is 8.13. The lowest BCUT2D eigenvalue weighted by Gasteiger charge is -2.09. The van der Waals surface area contributed by atoms with Gasteiger partial charge in [-0.25, -0.2) is 0 Å². The third kappa shape index (κ3) is 2.44. The summed E-state index contributed by atoms with van der Waals surface area (Å²) in [5.41, 5.74) is 5.03. The zero-order valence-corrected chi connectivity index (χ0v) is 8.13. The Kier molecular flexibility index (Phi) is 3.73. The van der Waals surface area contributed by atoms with Crippen LogP contribution < -0.4 is 16.0 Å². The Bertz CT molecular complexity index is 274. The van der Waals surface area contributed by atoms with Crippen LogP contribution in [0.1, 0.15) is 18.1 Å². The number of nitrogens with two attached hydrogens (primary N) is 1. The molecule has 3 nitrogen and oxygen atoms in total. The highest BCUT2D eigenvalue weighted by Crippen LogP contribution is 2.19. The number of nitrogens with one attached hydrogen (secondary N) is 1. The molecule has 72 valence electrons. The fourth-order valence-corrected chi connectivity index (χ4v) is 1.30. The summed E-state index contributed by atoms with van der Waals surface area (Å²) < 4.78 is 5.20. The van der Waals surface area contributed by atoms with Gasteiger partial charge in [0.15, 0.2) is 0 Å². The van der Waals surface area contributed by atoms with Crippen molar-refractivity contribution in [2.75, 3.05) is 7.11 Å². The molecule has 0 radical (unpaired) electrons. The number of hydrogen-bond acceptors (Lipinski definition) is 3. The molecule has 0 aliphatic carbocycles. The van der Waals surface area contributed by atoms with Gasteiger partial charge in [-0.3, -0.25) is 11.3 Å². The standard InChI is InChI=1S/C10H16N2O/c1-3-8-4-5-10(13-2)9(6-8)7-12-11/h4-6,12H,3,7,11H2,1-2H3. The molecule has 0 aliphatic rings. The molecular weight excluding hydrogens is 164 g/mol. The van der Waals surface area contributed by atoms with E-state index in [9.17, 15) is 0 Å². The monoisotopic (exact) mass is 180 g/mol. The molecule has 1 aromatic carbocycles. The van der Waals surface area contributed by atoms with Gasteiger partial charge in [-0.2, -0.15) is 0 Å². The molecule has 1 aromatic rings. The molecule has 0 aromatic heterocycles. The molecule has 1 rings (SSSR count). The first kappa shape index (κ1) is 10.0. The van der Waals surface area contributed by atoms with Gasteiger partial charge in [0, 0.05) is 12.1 Å². The van der Waals surface area contributed by atoms with Crippen LogP contribution in [0.3, 0.4) is 0 Å². The molecule has 0 saturated heterocycles. The Balaban J connectivity index is 2.95. The van der Waals surface area contributed by atoms with Crippen LogP contribution in [0.4, 0.5) is 0 Å². The van der Waals surface area contributed by atoms with Gasteiger partial charge < -0.3 is 4.74 Å². The molecule has 0 unspecified atom stereocenters. The van der Waals surface area contributed by atoms with Crippen molar-refractivity contribution in [3.63, 3.8) is 0 Å². The maximum atomic E-state index is 5.27. The predicted molar refractivity (Wildman–Crippen MR) is 53.4 cm³/mol. The van der Waals surface area contributed by atoms with Gasteiger partial charge in [0.25, 0.3) is 0 Å². The number of ether oxygens (including phenoxy) is 1. The quantitative estimate of drug-likeness (QED) is 0.541. The largest absolute Gasteiger partial charge is 0.496 e.